The number of hydrogen-bond acceptors (Lipinski definition) is 3. The number of carbonyl (C=O) groups excluding carboxylic acids is 2. The monoisotopic (exact) mass is 429 g/mol. The first-order valence-electron chi connectivity index (χ1n) is 10.3. The molecular weight excluding hydrogens is 400 g/mol. The van der Waals surface area contributed by atoms with Gasteiger partial charge in [-0.15, -0.1) is 0 Å². The van der Waals surface area contributed by atoms with Crippen LogP contribution in [0.4, 0.5) is 11.4 Å². The quantitative estimate of drug-likeness (QED) is 0.735. The highest BCUT2D eigenvalue weighted by atomic mass is 35.5. The second-order valence-electron chi connectivity index (χ2n) is 7.98. The Bertz CT molecular complexity index is 910. The van der Waals surface area contributed by atoms with E-state index in [-0.39, 0.29) is 18.4 Å². The van der Waals surface area contributed by atoms with Crippen LogP contribution in [0.3, 0.4) is 0 Å². The average Bonchev–Trinajstić information content (AvgIpc) is 2.71. The highest BCUT2D eigenvalue weighted by Gasteiger charge is 2.25. The van der Waals surface area contributed by atoms with Crippen molar-refractivity contribution >= 4 is 34.8 Å². The number of anilines is 2. The molecule has 0 bridgehead atoms. The number of hydrogen-bond donors (Lipinski definition) is 2. The number of piperazine rings is 1. The number of nitrogens with zero attached hydrogens (tertiary/aromatic N) is 2. The molecular formula is C23H30ClN4O2+. The summed E-state index contributed by atoms with van der Waals surface area (Å²) < 4.78 is 0. The predicted octanol–water partition coefficient (Wildman–Crippen LogP) is 1.76. The van der Waals surface area contributed by atoms with E-state index in [1.165, 1.54) is 9.80 Å². The van der Waals surface area contributed by atoms with Gasteiger partial charge in [0, 0.05) is 12.7 Å². The molecule has 2 aromatic carbocycles. The van der Waals surface area contributed by atoms with Crippen LogP contribution in [0.15, 0.2) is 42.5 Å². The maximum atomic E-state index is 12.6. The average molecular weight is 430 g/mol. The Hall–Kier alpha value is -2.57. The normalized spacial score (nSPS) is 14.5. The van der Waals surface area contributed by atoms with E-state index in [9.17, 15) is 9.59 Å². The third kappa shape index (κ3) is 5.74. The van der Waals surface area contributed by atoms with Crippen molar-refractivity contribution in [2.75, 3.05) is 56.5 Å². The fourth-order valence-electron chi connectivity index (χ4n) is 3.66. The molecule has 30 heavy (non-hydrogen) atoms. The van der Waals surface area contributed by atoms with E-state index >= 15 is 0 Å². The lowest BCUT2D eigenvalue weighted by Crippen LogP contribution is -3.15. The molecule has 0 atom stereocenters. The minimum absolute atomic E-state index is 0.0210. The molecule has 2 aromatic rings. The van der Waals surface area contributed by atoms with E-state index in [0.29, 0.717) is 6.54 Å². The summed E-state index contributed by atoms with van der Waals surface area (Å²) in [5.41, 5.74) is 3.93. The first-order valence-corrected chi connectivity index (χ1v) is 10.7. The van der Waals surface area contributed by atoms with Gasteiger partial charge in [-0.3, -0.25) is 9.59 Å². The Morgan fingerprint density at radius 3 is 2.53 bits per heavy atom. The molecule has 1 saturated heterocycles. The molecule has 2 N–H and O–H groups in total. The van der Waals surface area contributed by atoms with Crippen molar-refractivity contribution in [3.8, 4) is 0 Å². The zero-order valence-corrected chi connectivity index (χ0v) is 18.6. The van der Waals surface area contributed by atoms with E-state index < -0.39 is 0 Å². The van der Waals surface area contributed by atoms with E-state index in [1.807, 2.05) is 56.3 Å². The molecule has 1 aliphatic rings. The molecule has 0 aromatic heterocycles. The van der Waals surface area contributed by atoms with Crippen molar-refractivity contribution in [1.82, 2.24) is 4.90 Å². The largest absolute Gasteiger partial charge is 0.359 e. The van der Waals surface area contributed by atoms with E-state index in [2.05, 4.69) is 10.2 Å². The fraction of sp³-hybridized carbons (Fsp3) is 0.391. The molecule has 7 heteroatoms. The summed E-state index contributed by atoms with van der Waals surface area (Å²) in [4.78, 5) is 30.0. The molecule has 0 aliphatic carbocycles. The zero-order valence-electron chi connectivity index (χ0n) is 17.9. The van der Waals surface area contributed by atoms with Crippen LogP contribution < -0.4 is 15.1 Å². The number of benzene rings is 2. The Kier molecular flexibility index (Phi) is 7.34. The summed E-state index contributed by atoms with van der Waals surface area (Å²) in [7, 11) is 1.68. The van der Waals surface area contributed by atoms with Crippen molar-refractivity contribution < 1.29 is 14.5 Å². The van der Waals surface area contributed by atoms with Crippen molar-refractivity contribution in [2.24, 2.45) is 0 Å². The van der Waals surface area contributed by atoms with E-state index in [4.69, 9.17) is 11.6 Å². The van der Waals surface area contributed by atoms with E-state index in [0.717, 1.165) is 53.7 Å². The highest BCUT2D eigenvalue weighted by Crippen LogP contribution is 2.24. The molecule has 1 fully saturated rings. The molecule has 0 unspecified atom stereocenters. The Balaban J connectivity index is 1.46. The number of quaternary nitrogens is 1. The van der Waals surface area contributed by atoms with Crippen LogP contribution in [0.2, 0.25) is 5.02 Å². The summed E-state index contributed by atoms with van der Waals surface area (Å²) in [5, 5.41) is 3.67. The lowest BCUT2D eigenvalue weighted by atomic mass is 10.1. The molecule has 0 spiro atoms. The van der Waals surface area contributed by atoms with Crippen LogP contribution in [-0.2, 0) is 9.59 Å². The maximum Gasteiger partial charge on any atom is 0.277 e. The second-order valence-corrected chi connectivity index (χ2v) is 8.39. The lowest BCUT2D eigenvalue weighted by Gasteiger charge is -2.34. The first-order chi connectivity index (χ1) is 14.3. The molecule has 0 saturated carbocycles. The number of likely N-dealkylation sites (N-methyl/N-ethyl adjacent to an activating group) is 1. The summed E-state index contributed by atoms with van der Waals surface area (Å²) in [6, 6.07) is 13.8. The van der Waals surface area contributed by atoms with Crippen LogP contribution in [0, 0.1) is 13.8 Å². The van der Waals surface area contributed by atoms with Gasteiger partial charge in [0.05, 0.1) is 43.4 Å². The van der Waals surface area contributed by atoms with Crippen LogP contribution in [0.1, 0.15) is 11.1 Å². The van der Waals surface area contributed by atoms with Crippen molar-refractivity contribution in [3.05, 3.63) is 58.6 Å². The Morgan fingerprint density at radius 1 is 1.13 bits per heavy atom. The van der Waals surface area contributed by atoms with Gasteiger partial charge in [0.2, 0.25) is 5.91 Å². The molecule has 3 rings (SSSR count). The number of para-hydroxylation sites is 1. The third-order valence-corrected chi connectivity index (χ3v) is 5.86. The van der Waals surface area contributed by atoms with Crippen LogP contribution in [0.5, 0.6) is 0 Å². The predicted molar refractivity (Wildman–Crippen MR) is 121 cm³/mol. The minimum atomic E-state index is -0.182. The Morgan fingerprint density at radius 2 is 1.83 bits per heavy atom. The van der Waals surface area contributed by atoms with Crippen molar-refractivity contribution in [3.63, 3.8) is 0 Å². The van der Waals surface area contributed by atoms with Gasteiger partial charge in [-0.25, -0.2) is 0 Å². The molecule has 160 valence electrons. The van der Waals surface area contributed by atoms with Gasteiger partial charge < -0.3 is 20.0 Å². The van der Waals surface area contributed by atoms with Gasteiger partial charge >= 0.3 is 0 Å². The van der Waals surface area contributed by atoms with Gasteiger partial charge in [0.15, 0.2) is 6.54 Å². The number of carbonyl (C=O) groups is 2. The van der Waals surface area contributed by atoms with E-state index in [1.54, 1.807) is 7.05 Å². The molecule has 6 nitrogen and oxygen atoms in total. The number of rotatable bonds is 6. The number of aryl methyl sites for hydroxylation is 2. The van der Waals surface area contributed by atoms with Gasteiger partial charge in [-0.05, 0) is 43.2 Å². The number of halogens is 1. The second kappa shape index (κ2) is 9.96. The fourth-order valence-corrected chi connectivity index (χ4v) is 3.92. The van der Waals surface area contributed by atoms with Crippen molar-refractivity contribution in [1.29, 1.82) is 0 Å². The minimum Gasteiger partial charge on any atom is -0.359 e. The standard InChI is InChI=1S/C23H29ClN4O2/c1-17-8-9-18(2)20(14-17)25-22(29)15-26(3)23(30)16-27-10-12-28(13-11-27)21-7-5-4-6-19(21)24/h4-9,14H,10-13,15-16H2,1-3H3,(H,25,29)/p+1. The smallest absolute Gasteiger partial charge is 0.277 e. The van der Waals surface area contributed by atoms with Crippen LogP contribution in [0.25, 0.3) is 0 Å². The van der Waals surface area contributed by atoms with Gasteiger partial charge in [-0.1, -0.05) is 35.9 Å². The summed E-state index contributed by atoms with van der Waals surface area (Å²) in [6.45, 7) is 7.80. The highest BCUT2D eigenvalue weighted by molar-refractivity contribution is 6.33. The molecule has 1 aliphatic heterocycles. The SMILES string of the molecule is Cc1ccc(C)c(NC(=O)CN(C)C(=O)C[NH+]2CCN(c3ccccc3Cl)CC2)c1. The Labute approximate surface area is 183 Å². The summed E-state index contributed by atoms with van der Waals surface area (Å²) in [6.07, 6.45) is 0. The van der Waals surface area contributed by atoms with Crippen LogP contribution in [-0.4, -0.2) is 63.0 Å². The van der Waals surface area contributed by atoms with Crippen molar-refractivity contribution in [2.45, 2.75) is 13.8 Å². The third-order valence-electron chi connectivity index (χ3n) is 5.54. The lowest BCUT2D eigenvalue weighted by molar-refractivity contribution is -0.892. The van der Waals surface area contributed by atoms with Gasteiger partial charge in [0.25, 0.3) is 5.91 Å². The number of nitrogens with one attached hydrogen (secondary N) is 2. The summed E-state index contributed by atoms with van der Waals surface area (Å²) >= 11 is 6.30. The first kappa shape index (κ1) is 22.1. The maximum absolute atomic E-state index is 12.6. The summed E-state index contributed by atoms with van der Waals surface area (Å²) in [5.74, 6) is -0.203. The number of amides is 2. The topological polar surface area (TPSA) is 57.1 Å². The molecule has 2 amide bonds. The van der Waals surface area contributed by atoms with Crippen LogP contribution >= 0.6 is 11.6 Å². The van der Waals surface area contributed by atoms with Gasteiger partial charge in [-0.2, -0.15) is 0 Å². The molecule has 0 radical (unpaired) electrons. The van der Waals surface area contributed by atoms with Gasteiger partial charge in [0.1, 0.15) is 0 Å². The zero-order chi connectivity index (χ0) is 21.7. The molecule has 1 heterocycles.